The first-order chi connectivity index (χ1) is 6.90. The molecule has 2 aromatic heterocycles. The van der Waals surface area contributed by atoms with Crippen molar-refractivity contribution < 1.29 is 0 Å². The van der Waals surface area contributed by atoms with Gasteiger partial charge in [-0.25, -0.2) is 4.68 Å². The van der Waals surface area contributed by atoms with Crippen LogP contribution in [0.25, 0.3) is 5.82 Å². The lowest BCUT2D eigenvalue weighted by molar-refractivity contribution is 0.804. The van der Waals surface area contributed by atoms with E-state index >= 15 is 0 Å². The van der Waals surface area contributed by atoms with Crippen molar-refractivity contribution in [2.75, 3.05) is 7.05 Å². The molecule has 0 aliphatic carbocycles. The lowest BCUT2D eigenvalue weighted by Crippen LogP contribution is -2.04. The Bertz CT molecular complexity index is 395. The van der Waals surface area contributed by atoms with Gasteiger partial charge in [-0.05, 0) is 19.2 Å². The summed E-state index contributed by atoms with van der Waals surface area (Å²) in [5, 5.41) is 15.0. The lowest BCUT2D eigenvalue weighted by Gasteiger charge is -1.96. The SMILES string of the molecule is CNCc1cnn(-c2cccnn2)c1. The van der Waals surface area contributed by atoms with Gasteiger partial charge in [0.05, 0.1) is 6.20 Å². The van der Waals surface area contributed by atoms with Crippen molar-refractivity contribution in [2.24, 2.45) is 0 Å². The number of aromatic nitrogens is 4. The Morgan fingerprint density at radius 2 is 2.43 bits per heavy atom. The molecule has 2 rings (SSSR count). The molecule has 0 unspecified atom stereocenters. The second-order valence-electron chi connectivity index (χ2n) is 2.91. The van der Waals surface area contributed by atoms with E-state index in [0.717, 1.165) is 17.9 Å². The molecule has 1 N–H and O–H groups in total. The van der Waals surface area contributed by atoms with E-state index in [-0.39, 0.29) is 0 Å². The molecule has 5 heteroatoms. The highest BCUT2D eigenvalue weighted by Gasteiger charge is 2.00. The van der Waals surface area contributed by atoms with Crippen LogP contribution in [0, 0.1) is 0 Å². The first kappa shape index (κ1) is 8.83. The summed E-state index contributed by atoms with van der Waals surface area (Å²) >= 11 is 0. The summed E-state index contributed by atoms with van der Waals surface area (Å²) in [5.74, 6) is 0.731. The molecule has 0 atom stereocenters. The zero-order chi connectivity index (χ0) is 9.80. The van der Waals surface area contributed by atoms with Crippen LogP contribution in [-0.2, 0) is 6.54 Å². The number of hydrogen-bond acceptors (Lipinski definition) is 4. The fourth-order valence-electron chi connectivity index (χ4n) is 1.20. The molecule has 2 heterocycles. The maximum atomic E-state index is 4.18. The van der Waals surface area contributed by atoms with Gasteiger partial charge in [0.2, 0.25) is 0 Å². The van der Waals surface area contributed by atoms with Gasteiger partial charge < -0.3 is 5.32 Å². The Labute approximate surface area is 81.8 Å². The summed E-state index contributed by atoms with van der Waals surface area (Å²) in [6.45, 7) is 0.806. The highest BCUT2D eigenvalue weighted by molar-refractivity contribution is 5.19. The second-order valence-corrected chi connectivity index (χ2v) is 2.91. The standard InChI is InChI=1S/C9H11N5/c1-10-5-8-6-12-14(7-8)9-3-2-4-11-13-9/h2-4,6-7,10H,5H2,1H3. The van der Waals surface area contributed by atoms with Crippen LogP contribution in [0.1, 0.15) is 5.56 Å². The quantitative estimate of drug-likeness (QED) is 0.758. The summed E-state index contributed by atoms with van der Waals surface area (Å²) in [7, 11) is 1.90. The molecule has 0 aliphatic rings. The molecule has 0 aromatic carbocycles. The van der Waals surface area contributed by atoms with Crippen molar-refractivity contribution >= 4 is 0 Å². The van der Waals surface area contributed by atoms with Crippen LogP contribution in [0.15, 0.2) is 30.7 Å². The van der Waals surface area contributed by atoms with Gasteiger partial charge in [0.1, 0.15) is 0 Å². The van der Waals surface area contributed by atoms with Crippen molar-refractivity contribution in [3.63, 3.8) is 0 Å². The Hall–Kier alpha value is -1.75. The van der Waals surface area contributed by atoms with Crippen molar-refractivity contribution in [1.29, 1.82) is 0 Å². The highest BCUT2D eigenvalue weighted by Crippen LogP contribution is 2.03. The zero-order valence-corrected chi connectivity index (χ0v) is 7.88. The minimum atomic E-state index is 0.731. The Kier molecular flexibility index (Phi) is 2.51. The summed E-state index contributed by atoms with van der Waals surface area (Å²) in [5.41, 5.74) is 1.12. The van der Waals surface area contributed by atoms with Crippen LogP contribution >= 0.6 is 0 Å². The molecule has 72 valence electrons. The van der Waals surface area contributed by atoms with Crippen LogP contribution in [-0.4, -0.2) is 27.0 Å². The molecular weight excluding hydrogens is 178 g/mol. The van der Waals surface area contributed by atoms with Gasteiger partial charge in [-0.2, -0.15) is 10.2 Å². The van der Waals surface area contributed by atoms with Gasteiger partial charge in [-0.3, -0.25) is 0 Å². The third kappa shape index (κ3) is 1.77. The van der Waals surface area contributed by atoms with Crippen LogP contribution in [0.4, 0.5) is 0 Å². The molecule has 0 saturated carbocycles. The Balaban J connectivity index is 2.25. The van der Waals surface area contributed by atoms with Gasteiger partial charge in [0.15, 0.2) is 5.82 Å². The molecule has 0 radical (unpaired) electrons. The molecule has 0 aliphatic heterocycles. The first-order valence-electron chi connectivity index (χ1n) is 4.36. The van der Waals surface area contributed by atoms with Crippen LogP contribution in [0.3, 0.4) is 0 Å². The van der Waals surface area contributed by atoms with E-state index in [1.807, 2.05) is 31.6 Å². The maximum absolute atomic E-state index is 4.18. The fraction of sp³-hybridized carbons (Fsp3) is 0.222. The number of nitrogens with one attached hydrogen (secondary N) is 1. The smallest absolute Gasteiger partial charge is 0.175 e. The number of rotatable bonds is 3. The van der Waals surface area contributed by atoms with Crippen molar-refractivity contribution in [3.05, 3.63) is 36.3 Å². The minimum absolute atomic E-state index is 0.731. The molecule has 0 saturated heterocycles. The predicted octanol–water partition coefficient (Wildman–Crippen LogP) is 0.382. The fourth-order valence-corrected chi connectivity index (χ4v) is 1.20. The van der Waals surface area contributed by atoms with Crippen molar-refractivity contribution in [3.8, 4) is 5.82 Å². The molecule has 14 heavy (non-hydrogen) atoms. The molecule has 2 aromatic rings. The Morgan fingerprint density at radius 1 is 1.50 bits per heavy atom. The van der Waals surface area contributed by atoms with E-state index in [1.54, 1.807) is 10.9 Å². The van der Waals surface area contributed by atoms with Gasteiger partial charge in [-0.1, -0.05) is 0 Å². The monoisotopic (exact) mass is 189 g/mol. The predicted molar refractivity (Wildman–Crippen MR) is 51.9 cm³/mol. The summed E-state index contributed by atoms with van der Waals surface area (Å²) in [4.78, 5) is 0. The highest BCUT2D eigenvalue weighted by atomic mass is 15.3. The van der Waals surface area contributed by atoms with E-state index in [4.69, 9.17) is 0 Å². The largest absolute Gasteiger partial charge is 0.316 e. The maximum Gasteiger partial charge on any atom is 0.175 e. The summed E-state index contributed by atoms with van der Waals surface area (Å²) in [6.07, 6.45) is 5.38. The van der Waals surface area contributed by atoms with Crippen LogP contribution in [0.5, 0.6) is 0 Å². The van der Waals surface area contributed by atoms with E-state index in [2.05, 4.69) is 20.6 Å². The van der Waals surface area contributed by atoms with Crippen molar-refractivity contribution in [1.82, 2.24) is 25.3 Å². The second kappa shape index (κ2) is 3.97. The van der Waals surface area contributed by atoms with E-state index in [1.165, 1.54) is 0 Å². The average molecular weight is 189 g/mol. The summed E-state index contributed by atoms with van der Waals surface area (Å²) < 4.78 is 1.71. The van der Waals surface area contributed by atoms with E-state index < -0.39 is 0 Å². The van der Waals surface area contributed by atoms with Gasteiger partial charge >= 0.3 is 0 Å². The molecule has 0 fully saturated rings. The zero-order valence-electron chi connectivity index (χ0n) is 7.88. The Morgan fingerprint density at radius 3 is 3.14 bits per heavy atom. The number of nitrogens with zero attached hydrogens (tertiary/aromatic N) is 4. The van der Waals surface area contributed by atoms with Gasteiger partial charge in [0, 0.05) is 24.5 Å². The van der Waals surface area contributed by atoms with Crippen molar-refractivity contribution in [2.45, 2.75) is 6.54 Å². The van der Waals surface area contributed by atoms with E-state index in [0.29, 0.717) is 0 Å². The molecule has 0 spiro atoms. The van der Waals surface area contributed by atoms with Gasteiger partial charge in [0.25, 0.3) is 0 Å². The molecular formula is C9H11N5. The normalized spacial score (nSPS) is 10.4. The minimum Gasteiger partial charge on any atom is -0.316 e. The summed E-state index contributed by atoms with van der Waals surface area (Å²) in [6, 6.07) is 3.70. The van der Waals surface area contributed by atoms with Crippen LogP contribution < -0.4 is 5.32 Å². The van der Waals surface area contributed by atoms with E-state index in [9.17, 15) is 0 Å². The molecule has 5 nitrogen and oxygen atoms in total. The lowest BCUT2D eigenvalue weighted by atomic mass is 10.4. The average Bonchev–Trinajstić information content (AvgIpc) is 2.68. The molecule has 0 amide bonds. The number of hydrogen-bond donors (Lipinski definition) is 1. The third-order valence-corrected chi connectivity index (χ3v) is 1.81. The van der Waals surface area contributed by atoms with Gasteiger partial charge in [-0.15, -0.1) is 5.10 Å². The first-order valence-corrected chi connectivity index (χ1v) is 4.36. The van der Waals surface area contributed by atoms with Crippen LogP contribution in [0.2, 0.25) is 0 Å². The molecule has 0 bridgehead atoms. The topological polar surface area (TPSA) is 55.6 Å². The third-order valence-electron chi connectivity index (χ3n) is 1.81.